The van der Waals surface area contributed by atoms with Crippen molar-refractivity contribution in [1.29, 1.82) is 0 Å². The van der Waals surface area contributed by atoms with Gasteiger partial charge in [-0.05, 0) is 0 Å². The molecular weight excluding hydrogens is 276 g/mol. The van der Waals surface area contributed by atoms with Gasteiger partial charge in [0.15, 0.2) is 0 Å². The molecule has 0 aromatic carbocycles. The molecule has 5 unspecified atom stereocenters. The quantitative estimate of drug-likeness (QED) is 0.132. The van der Waals surface area contributed by atoms with Gasteiger partial charge in [0, 0.05) is 6.08 Å². The lowest BCUT2D eigenvalue weighted by Crippen LogP contribution is -2.59. The van der Waals surface area contributed by atoms with Crippen molar-refractivity contribution in [2.45, 2.75) is 30.7 Å². The molecule has 0 amide bonds. The number of rotatable bonds is 7. The number of aliphatic hydroxyl groups is 4. The molecule has 9 nitrogen and oxygen atoms in total. The topological polar surface area (TPSA) is 135 Å². The summed E-state index contributed by atoms with van der Waals surface area (Å²) in [5.41, 5.74) is 0. The van der Waals surface area contributed by atoms with Crippen LogP contribution in [0.25, 0.3) is 0 Å². The van der Waals surface area contributed by atoms with Crippen LogP contribution in [0.15, 0.2) is 12.7 Å². The second kappa shape index (κ2) is 8.27. The van der Waals surface area contributed by atoms with E-state index in [1.807, 2.05) is 0 Å². The fourth-order valence-corrected chi connectivity index (χ4v) is 1.50. The largest absolute Gasteiger partial charge is 0.460 e. The van der Waals surface area contributed by atoms with Crippen molar-refractivity contribution >= 4 is 5.97 Å². The molecule has 0 saturated carbocycles. The maximum Gasteiger partial charge on any atom is 0.330 e. The van der Waals surface area contributed by atoms with Crippen LogP contribution in [-0.2, 0) is 24.0 Å². The van der Waals surface area contributed by atoms with Crippen LogP contribution in [0.3, 0.4) is 0 Å². The third kappa shape index (κ3) is 4.49. The zero-order valence-corrected chi connectivity index (χ0v) is 10.6. The van der Waals surface area contributed by atoms with E-state index < -0.39 is 43.3 Å². The molecule has 0 aliphatic carbocycles. The van der Waals surface area contributed by atoms with Crippen molar-refractivity contribution in [2.75, 3.05) is 19.8 Å². The Morgan fingerprint density at radius 2 is 1.90 bits per heavy atom. The number of hydrogen-bond donors (Lipinski definition) is 4. The van der Waals surface area contributed by atoms with Gasteiger partial charge in [-0.2, -0.15) is 0 Å². The van der Waals surface area contributed by atoms with Crippen molar-refractivity contribution in [2.24, 2.45) is 0 Å². The maximum absolute atomic E-state index is 10.7. The minimum absolute atomic E-state index is 0.109. The zero-order chi connectivity index (χ0) is 15.1. The normalized spacial score (nSPS) is 33.7. The molecule has 0 aromatic heterocycles. The van der Waals surface area contributed by atoms with E-state index in [9.17, 15) is 20.1 Å². The minimum Gasteiger partial charge on any atom is -0.460 e. The Labute approximate surface area is 114 Å². The third-order valence-electron chi connectivity index (χ3n) is 2.59. The average Bonchev–Trinajstić information content (AvgIpc) is 2.46. The van der Waals surface area contributed by atoms with Gasteiger partial charge in [-0.3, -0.25) is 0 Å². The van der Waals surface area contributed by atoms with Crippen LogP contribution < -0.4 is 0 Å². The SMILES string of the molecule is C=CC(=O)OCCOOC1OC(CO)C(O)C(O)C1O. The molecule has 1 saturated heterocycles. The number of carbonyl (C=O) groups is 1. The highest BCUT2D eigenvalue weighted by Crippen LogP contribution is 2.21. The van der Waals surface area contributed by atoms with Crippen LogP contribution in [0.5, 0.6) is 0 Å². The van der Waals surface area contributed by atoms with Crippen molar-refractivity contribution in [3.8, 4) is 0 Å². The van der Waals surface area contributed by atoms with Gasteiger partial charge in [0.2, 0.25) is 6.29 Å². The molecule has 20 heavy (non-hydrogen) atoms. The number of carbonyl (C=O) groups excluding carboxylic acids is 1. The number of esters is 1. The molecule has 0 radical (unpaired) electrons. The smallest absolute Gasteiger partial charge is 0.330 e. The van der Waals surface area contributed by atoms with E-state index in [0.717, 1.165) is 6.08 Å². The Morgan fingerprint density at radius 1 is 1.20 bits per heavy atom. The van der Waals surface area contributed by atoms with E-state index >= 15 is 0 Å². The molecule has 1 aliphatic rings. The molecule has 1 fully saturated rings. The molecule has 0 bridgehead atoms. The van der Waals surface area contributed by atoms with E-state index in [1.165, 1.54) is 0 Å². The van der Waals surface area contributed by atoms with Crippen LogP contribution in [0.4, 0.5) is 0 Å². The third-order valence-corrected chi connectivity index (χ3v) is 2.59. The highest BCUT2D eigenvalue weighted by atomic mass is 17.2. The first-order chi connectivity index (χ1) is 9.51. The summed E-state index contributed by atoms with van der Waals surface area (Å²) in [5.74, 6) is -0.624. The lowest BCUT2D eigenvalue weighted by molar-refractivity contribution is -0.426. The predicted molar refractivity (Wildman–Crippen MR) is 62.0 cm³/mol. The Bertz CT molecular complexity index is 319. The van der Waals surface area contributed by atoms with E-state index in [-0.39, 0.29) is 13.2 Å². The van der Waals surface area contributed by atoms with Gasteiger partial charge in [0.25, 0.3) is 0 Å². The summed E-state index contributed by atoms with van der Waals surface area (Å²) in [5, 5.41) is 37.5. The maximum atomic E-state index is 10.7. The number of ether oxygens (including phenoxy) is 2. The first-order valence-corrected chi connectivity index (χ1v) is 5.89. The summed E-state index contributed by atoms with van der Waals surface area (Å²) in [4.78, 5) is 20.0. The van der Waals surface area contributed by atoms with Gasteiger partial charge in [0.05, 0.1) is 6.61 Å². The Hall–Kier alpha value is -1.07. The summed E-state index contributed by atoms with van der Waals surface area (Å²) >= 11 is 0. The summed E-state index contributed by atoms with van der Waals surface area (Å²) in [7, 11) is 0. The molecule has 116 valence electrons. The first kappa shape index (κ1) is 17.0. The van der Waals surface area contributed by atoms with E-state index in [0.29, 0.717) is 0 Å². The Morgan fingerprint density at radius 3 is 2.50 bits per heavy atom. The molecule has 1 aliphatic heterocycles. The number of aliphatic hydroxyl groups excluding tert-OH is 4. The fourth-order valence-electron chi connectivity index (χ4n) is 1.50. The second-order valence-electron chi connectivity index (χ2n) is 3.99. The van der Waals surface area contributed by atoms with Gasteiger partial charge in [-0.1, -0.05) is 6.58 Å². The fraction of sp³-hybridized carbons (Fsp3) is 0.727. The molecular formula is C11H18O9. The monoisotopic (exact) mass is 294 g/mol. The molecule has 9 heteroatoms. The number of hydrogen-bond acceptors (Lipinski definition) is 9. The first-order valence-electron chi connectivity index (χ1n) is 5.89. The van der Waals surface area contributed by atoms with Crippen molar-refractivity contribution in [3.63, 3.8) is 0 Å². The van der Waals surface area contributed by atoms with E-state index in [4.69, 9.17) is 9.84 Å². The second-order valence-corrected chi connectivity index (χ2v) is 3.99. The lowest BCUT2D eigenvalue weighted by Gasteiger charge is -2.38. The molecule has 0 aromatic rings. The van der Waals surface area contributed by atoms with Crippen LogP contribution in [0, 0.1) is 0 Å². The Balaban J connectivity index is 2.31. The molecule has 5 atom stereocenters. The average molecular weight is 294 g/mol. The van der Waals surface area contributed by atoms with Gasteiger partial charge in [-0.25, -0.2) is 14.6 Å². The van der Waals surface area contributed by atoms with Gasteiger partial charge < -0.3 is 29.9 Å². The summed E-state index contributed by atoms with van der Waals surface area (Å²) in [6.07, 6.45) is -6.06. The van der Waals surface area contributed by atoms with Gasteiger partial charge in [0.1, 0.15) is 37.6 Å². The predicted octanol–water partition coefficient (Wildman–Crippen LogP) is -2.54. The molecule has 4 N–H and O–H groups in total. The van der Waals surface area contributed by atoms with Crippen molar-refractivity contribution < 1.29 is 44.5 Å². The molecule has 0 spiro atoms. The van der Waals surface area contributed by atoms with E-state index in [2.05, 4.69) is 21.1 Å². The Kier molecular flexibility index (Phi) is 7.02. The van der Waals surface area contributed by atoms with Gasteiger partial charge in [-0.15, -0.1) is 0 Å². The van der Waals surface area contributed by atoms with Crippen molar-refractivity contribution in [3.05, 3.63) is 12.7 Å². The van der Waals surface area contributed by atoms with Crippen LogP contribution in [-0.4, -0.2) is 76.9 Å². The highest BCUT2D eigenvalue weighted by molar-refractivity contribution is 5.81. The molecule has 1 rings (SSSR count). The summed E-state index contributed by atoms with van der Waals surface area (Å²) in [6, 6.07) is 0. The summed E-state index contributed by atoms with van der Waals surface area (Å²) < 4.78 is 9.59. The molecule has 1 heterocycles. The van der Waals surface area contributed by atoms with Crippen LogP contribution in [0.1, 0.15) is 0 Å². The van der Waals surface area contributed by atoms with Gasteiger partial charge >= 0.3 is 5.97 Å². The van der Waals surface area contributed by atoms with Crippen molar-refractivity contribution in [1.82, 2.24) is 0 Å². The van der Waals surface area contributed by atoms with Crippen LogP contribution in [0.2, 0.25) is 0 Å². The minimum atomic E-state index is -1.55. The van der Waals surface area contributed by atoms with E-state index in [1.54, 1.807) is 0 Å². The van der Waals surface area contributed by atoms with Crippen LogP contribution >= 0.6 is 0 Å². The zero-order valence-electron chi connectivity index (χ0n) is 10.6. The highest BCUT2D eigenvalue weighted by Gasteiger charge is 2.44. The standard InChI is InChI=1S/C11H18O9/c1-2-7(13)17-3-4-18-20-11-10(16)9(15)8(14)6(5-12)19-11/h2,6,8-12,14-16H,1,3-5H2. The summed E-state index contributed by atoms with van der Waals surface area (Å²) in [6.45, 7) is 2.38. The lowest BCUT2D eigenvalue weighted by atomic mass is 9.99.